The van der Waals surface area contributed by atoms with Gasteiger partial charge in [0.1, 0.15) is 0 Å². The Morgan fingerprint density at radius 3 is 2.15 bits per heavy atom. The monoisotopic (exact) mass is 477 g/mol. The second-order valence-corrected chi connectivity index (χ2v) is 10.7. The molecule has 1 aromatic rings. The van der Waals surface area contributed by atoms with E-state index in [1.165, 1.54) is 38.1 Å². The van der Waals surface area contributed by atoms with Crippen molar-refractivity contribution in [1.82, 2.24) is 10.2 Å². The van der Waals surface area contributed by atoms with E-state index < -0.39 is 17.7 Å². The summed E-state index contributed by atoms with van der Waals surface area (Å²) in [4.78, 5) is 29.1. The van der Waals surface area contributed by atoms with Gasteiger partial charge in [-0.05, 0) is 113 Å². The molecule has 1 aromatic carbocycles. The molecule has 1 heterocycles. The van der Waals surface area contributed by atoms with E-state index in [1.54, 1.807) is 0 Å². The Kier molecular flexibility index (Phi) is 6.38. The molecule has 3 aliphatic carbocycles. The highest BCUT2D eigenvalue weighted by atomic mass is 19.4. The minimum Gasteiger partial charge on any atom is -0.356 e. The maximum Gasteiger partial charge on any atom is 0.416 e. The second-order valence-electron chi connectivity index (χ2n) is 10.7. The second kappa shape index (κ2) is 9.17. The molecule has 5 nitrogen and oxygen atoms in total. The van der Waals surface area contributed by atoms with E-state index in [4.69, 9.17) is 0 Å². The SMILES string of the molecule is O=C(NCCCCN1CCCC1)[C@H]1[C@H](C(=O)Nc2ccc(C(F)(F)F)cc2)[C@@H]2CC[C@H]1C21CC1. The zero-order valence-corrected chi connectivity index (χ0v) is 19.5. The molecule has 1 spiro atoms. The topological polar surface area (TPSA) is 61.4 Å². The third kappa shape index (κ3) is 4.45. The van der Waals surface area contributed by atoms with Crippen LogP contribution in [0.2, 0.25) is 0 Å². The predicted molar refractivity (Wildman–Crippen MR) is 123 cm³/mol. The van der Waals surface area contributed by atoms with Crippen molar-refractivity contribution in [3.8, 4) is 0 Å². The van der Waals surface area contributed by atoms with Gasteiger partial charge in [-0.3, -0.25) is 9.59 Å². The summed E-state index contributed by atoms with van der Waals surface area (Å²) in [6.07, 6.45) is 4.21. The highest BCUT2D eigenvalue weighted by Crippen LogP contribution is 2.74. The Morgan fingerprint density at radius 1 is 0.941 bits per heavy atom. The van der Waals surface area contributed by atoms with Crippen LogP contribution < -0.4 is 10.6 Å². The van der Waals surface area contributed by atoms with Crippen LogP contribution in [0.25, 0.3) is 0 Å². The van der Waals surface area contributed by atoms with Gasteiger partial charge in [0.15, 0.2) is 0 Å². The lowest BCUT2D eigenvalue weighted by Crippen LogP contribution is -2.43. The van der Waals surface area contributed by atoms with Crippen molar-refractivity contribution < 1.29 is 22.8 Å². The van der Waals surface area contributed by atoms with Crippen molar-refractivity contribution in [2.75, 3.05) is 31.5 Å². The Labute approximate surface area is 198 Å². The molecular weight excluding hydrogens is 443 g/mol. The molecule has 4 aliphatic rings. The van der Waals surface area contributed by atoms with Gasteiger partial charge < -0.3 is 15.5 Å². The molecular formula is C26H34F3N3O2. The van der Waals surface area contributed by atoms with Crippen molar-refractivity contribution in [1.29, 1.82) is 0 Å². The smallest absolute Gasteiger partial charge is 0.356 e. The first-order valence-corrected chi connectivity index (χ1v) is 12.8. The van der Waals surface area contributed by atoms with E-state index >= 15 is 0 Å². The van der Waals surface area contributed by atoms with Crippen molar-refractivity contribution in [2.45, 2.75) is 57.5 Å². The number of anilines is 1. The van der Waals surface area contributed by atoms with E-state index in [9.17, 15) is 22.8 Å². The van der Waals surface area contributed by atoms with Gasteiger partial charge >= 0.3 is 6.18 Å². The number of rotatable bonds is 8. The maximum absolute atomic E-state index is 13.3. The number of likely N-dealkylation sites (tertiary alicyclic amines) is 1. The lowest BCUT2D eigenvalue weighted by molar-refractivity contribution is -0.137. The number of amides is 2. The Bertz CT molecular complexity index is 907. The third-order valence-electron chi connectivity index (χ3n) is 8.83. The molecule has 4 fully saturated rings. The zero-order valence-electron chi connectivity index (χ0n) is 19.5. The number of nitrogens with zero attached hydrogens (tertiary/aromatic N) is 1. The van der Waals surface area contributed by atoms with E-state index in [-0.39, 0.29) is 35.0 Å². The average Bonchev–Trinajstić information content (AvgIpc) is 3.16. The lowest BCUT2D eigenvalue weighted by atomic mass is 9.78. The number of carbonyl (C=O) groups excluding carboxylic acids is 2. The summed E-state index contributed by atoms with van der Waals surface area (Å²) < 4.78 is 38.6. The van der Waals surface area contributed by atoms with Crippen LogP contribution in [0, 0.1) is 29.1 Å². The van der Waals surface area contributed by atoms with Gasteiger partial charge in [-0.1, -0.05) is 0 Å². The van der Waals surface area contributed by atoms with Crippen LogP contribution in [-0.2, 0) is 15.8 Å². The maximum atomic E-state index is 13.3. The van der Waals surface area contributed by atoms with Gasteiger partial charge in [-0.2, -0.15) is 13.2 Å². The summed E-state index contributed by atoms with van der Waals surface area (Å²) in [5, 5.41) is 5.92. The molecule has 34 heavy (non-hydrogen) atoms. The number of halogens is 3. The summed E-state index contributed by atoms with van der Waals surface area (Å²) in [6.45, 7) is 4.05. The Balaban J connectivity index is 1.20. The highest BCUT2D eigenvalue weighted by Gasteiger charge is 2.71. The van der Waals surface area contributed by atoms with Crippen LogP contribution in [-0.4, -0.2) is 42.9 Å². The first kappa shape index (κ1) is 23.6. The van der Waals surface area contributed by atoms with Gasteiger partial charge in [0.05, 0.1) is 17.4 Å². The molecule has 2 bridgehead atoms. The summed E-state index contributed by atoms with van der Waals surface area (Å²) in [5.41, 5.74) is -0.282. The van der Waals surface area contributed by atoms with Crippen molar-refractivity contribution >= 4 is 17.5 Å². The molecule has 0 aromatic heterocycles. The minimum absolute atomic E-state index is 0.0211. The highest BCUT2D eigenvalue weighted by molar-refractivity contribution is 5.97. The van der Waals surface area contributed by atoms with E-state index in [1.807, 2.05) is 0 Å². The number of benzene rings is 1. The first-order chi connectivity index (χ1) is 16.3. The molecule has 1 saturated heterocycles. The number of carbonyl (C=O) groups is 2. The molecule has 0 unspecified atom stereocenters. The van der Waals surface area contributed by atoms with Crippen LogP contribution in [0.5, 0.6) is 0 Å². The predicted octanol–water partition coefficient (Wildman–Crippen LogP) is 4.69. The Hall–Kier alpha value is -2.09. The van der Waals surface area contributed by atoms with Crippen LogP contribution in [0.3, 0.4) is 0 Å². The molecule has 5 rings (SSSR count). The lowest BCUT2D eigenvalue weighted by Gasteiger charge is -2.29. The number of unbranched alkanes of at least 4 members (excludes halogenated alkanes) is 1. The molecule has 8 heteroatoms. The van der Waals surface area contributed by atoms with Crippen molar-refractivity contribution in [3.63, 3.8) is 0 Å². The van der Waals surface area contributed by atoms with Crippen LogP contribution in [0.4, 0.5) is 18.9 Å². The largest absolute Gasteiger partial charge is 0.416 e. The fourth-order valence-electron chi connectivity index (χ4n) is 7.13. The fraction of sp³-hybridized carbons (Fsp3) is 0.692. The van der Waals surface area contributed by atoms with E-state index in [0.29, 0.717) is 12.2 Å². The van der Waals surface area contributed by atoms with Crippen LogP contribution in [0.15, 0.2) is 24.3 Å². The van der Waals surface area contributed by atoms with Gasteiger partial charge in [-0.25, -0.2) is 0 Å². The zero-order chi connectivity index (χ0) is 23.9. The van der Waals surface area contributed by atoms with Gasteiger partial charge in [0.25, 0.3) is 0 Å². The van der Waals surface area contributed by atoms with Gasteiger partial charge in [0, 0.05) is 12.2 Å². The van der Waals surface area contributed by atoms with Crippen molar-refractivity contribution in [2.24, 2.45) is 29.1 Å². The molecule has 0 radical (unpaired) electrons. The molecule has 2 amide bonds. The quantitative estimate of drug-likeness (QED) is 0.534. The third-order valence-corrected chi connectivity index (χ3v) is 8.83. The number of alkyl halides is 3. The van der Waals surface area contributed by atoms with Gasteiger partial charge in [-0.15, -0.1) is 0 Å². The Morgan fingerprint density at radius 2 is 1.56 bits per heavy atom. The summed E-state index contributed by atoms with van der Waals surface area (Å²) in [7, 11) is 0. The summed E-state index contributed by atoms with van der Waals surface area (Å²) in [6, 6.07) is 4.53. The first-order valence-electron chi connectivity index (χ1n) is 12.8. The molecule has 186 valence electrons. The van der Waals surface area contributed by atoms with E-state index in [2.05, 4.69) is 15.5 Å². The number of hydrogen-bond acceptors (Lipinski definition) is 3. The average molecular weight is 478 g/mol. The van der Waals surface area contributed by atoms with Crippen LogP contribution in [0.1, 0.15) is 56.9 Å². The molecule has 2 N–H and O–H groups in total. The van der Waals surface area contributed by atoms with Gasteiger partial charge in [0.2, 0.25) is 11.8 Å². The number of nitrogens with one attached hydrogen (secondary N) is 2. The standard InChI is InChI=1S/C26H34F3N3O2/c27-26(28,29)17-5-7-18(8-6-17)31-24(34)22-20-10-9-19(25(20)11-12-25)21(22)23(33)30-13-1-2-14-32-15-3-4-16-32/h5-8,19-22H,1-4,9-16H2,(H,30,33)(H,31,34)/t19-,20+,21-,22-/m1/s1. The molecule has 1 aliphatic heterocycles. The molecule has 4 atom stereocenters. The van der Waals surface area contributed by atoms with Crippen LogP contribution >= 0.6 is 0 Å². The molecule has 3 saturated carbocycles. The summed E-state index contributed by atoms with van der Waals surface area (Å²) in [5.74, 6) is -0.564. The normalized spacial score (nSPS) is 29.5. The van der Waals surface area contributed by atoms with Crippen molar-refractivity contribution in [3.05, 3.63) is 29.8 Å². The van der Waals surface area contributed by atoms with E-state index in [0.717, 1.165) is 57.2 Å². The summed E-state index contributed by atoms with van der Waals surface area (Å²) >= 11 is 0. The fourth-order valence-corrected chi connectivity index (χ4v) is 7.13. The minimum atomic E-state index is -4.41. The number of hydrogen-bond donors (Lipinski definition) is 2.